The number of rotatable bonds is 4. The van der Waals surface area contributed by atoms with Gasteiger partial charge in [0.05, 0.1) is 6.20 Å². The van der Waals surface area contributed by atoms with Gasteiger partial charge in [0.25, 0.3) is 0 Å². The van der Waals surface area contributed by atoms with E-state index in [9.17, 15) is 9.90 Å². The number of carbonyl (C=O) groups excluding carboxylic acids is 1. The van der Waals surface area contributed by atoms with Crippen LogP contribution < -0.4 is 0 Å². The van der Waals surface area contributed by atoms with Gasteiger partial charge in [-0.15, -0.1) is 0 Å². The fourth-order valence-electron chi connectivity index (χ4n) is 1.28. The van der Waals surface area contributed by atoms with Gasteiger partial charge in [-0.2, -0.15) is 9.78 Å². The first-order valence-electron chi connectivity index (χ1n) is 5.57. The number of amides is 1. The fraction of sp³-hybridized carbons (Fsp3) is 0.636. The molecule has 6 heteroatoms. The van der Waals surface area contributed by atoms with E-state index in [-0.39, 0.29) is 6.03 Å². The second-order valence-corrected chi connectivity index (χ2v) is 4.28. The maximum Gasteiger partial charge on any atom is 0.344 e. The maximum absolute atomic E-state index is 11.9. The zero-order valence-electron chi connectivity index (χ0n) is 10.8. The van der Waals surface area contributed by atoms with Gasteiger partial charge >= 0.3 is 6.03 Å². The van der Waals surface area contributed by atoms with Crippen LogP contribution >= 0.6 is 0 Å². The summed E-state index contributed by atoms with van der Waals surface area (Å²) < 4.78 is 1.32. The molecule has 1 aromatic heterocycles. The van der Waals surface area contributed by atoms with Crippen LogP contribution in [0.15, 0.2) is 12.4 Å². The lowest BCUT2D eigenvalue weighted by Gasteiger charge is -2.23. The number of nitrogens with zero attached hydrogens (tertiary/aromatic N) is 4. The van der Waals surface area contributed by atoms with E-state index in [1.165, 1.54) is 4.68 Å². The third kappa shape index (κ3) is 3.83. The molecular weight excluding hydrogens is 220 g/mol. The predicted octanol–water partition coefficient (Wildman–Crippen LogP) is 0.362. The summed E-state index contributed by atoms with van der Waals surface area (Å²) in [5, 5.41) is 13.3. The Balaban J connectivity index is 2.48. The summed E-state index contributed by atoms with van der Waals surface area (Å²) in [5.74, 6) is 0. The molecule has 1 aromatic rings. The Hall–Kier alpha value is -1.40. The standard InChI is InChI=1S/C11H20N4O2/c1-9-7-12-15(8-9)11(17)14(4)6-5-13(3)10(2)16/h7-8,10,16H,5-6H2,1-4H3. The Kier molecular flexibility index (Phi) is 4.65. The summed E-state index contributed by atoms with van der Waals surface area (Å²) in [6.07, 6.45) is 2.83. The van der Waals surface area contributed by atoms with Crippen molar-refractivity contribution in [3.05, 3.63) is 18.0 Å². The number of aryl methyl sites for hydroxylation is 1. The highest BCUT2D eigenvalue weighted by atomic mass is 16.3. The van der Waals surface area contributed by atoms with Gasteiger partial charge in [0.1, 0.15) is 6.23 Å². The van der Waals surface area contributed by atoms with Crippen LogP contribution in [0.1, 0.15) is 12.5 Å². The third-order valence-corrected chi connectivity index (χ3v) is 2.66. The average Bonchev–Trinajstić information content (AvgIpc) is 2.70. The minimum Gasteiger partial charge on any atom is -0.379 e. The zero-order chi connectivity index (χ0) is 13.0. The van der Waals surface area contributed by atoms with Crippen molar-refractivity contribution in [2.45, 2.75) is 20.1 Å². The molecule has 6 nitrogen and oxygen atoms in total. The van der Waals surface area contributed by atoms with Gasteiger partial charge in [-0.1, -0.05) is 0 Å². The van der Waals surface area contributed by atoms with Crippen molar-refractivity contribution in [3.63, 3.8) is 0 Å². The molecule has 1 N–H and O–H groups in total. The fourth-order valence-corrected chi connectivity index (χ4v) is 1.28. The predicted molar refractivity (Wildman–Crippen MR) is 64.7 cm³/mol. The second kappa shape index (κ2) is 5.79. The van der Waals surface area contributed by atoms with Crippen LogP contribution in [0.3, 0.4) is 0 Å². The Bertz CT molecular complexity index is 375. The Morgan fingerprint density at radius 3 is 2.65 bits per heavy atom. The molecule has 96 valence electrons. The van der Waals surface area contributed by atoms with Crippen LogP contribution in [0.5, 0.6) is 0 Å². The number of carbonyl (C=O) groups is 1. The Morgan fingerprint density at radius 1 is 1.53 bits per heavy atom. The Morgan fingerprint density at radius 2 is 2.18 bits per heavy atom. The van der Waals surface area contributed by atoms with Crippen molar-refractivity contribution in [2.24, 2.45) is 0 Å². The first-order chi connectivity index (χ1) is 7.91. The van der Waals surface area contributed by atoms with Crippen LogP contribution in [0, 0.1) is 6.92 Å². The van der Waals surface area contributed by atoms with E-state index in [1.807, 2.05) is 6.92 Å². The van der Waals surface area contributed by atoms with Crippen molar-refractivity contribution in [1.29, 1.82) is 0 Å². The summed E-state index contributed by atoms with van der Waals surface area (Å²) >= 11 is 0. The lowest BCUT2D eigenvalue weighted by atomic mass is 10.4. The van der Waals surface area contributed by atoms with Gasteiger partial charge in [-0.3, -0.25) is 4.90 Å². The van der Waals surface area contributed by atoms with Gasteiger partial charge in [-0.25, -0.2) is 4.79 Å². The van der Waals surface area contributed by atoms with E-state index in [0.717, 1.165) is 5.56 Å². The molecule has 0 saturated carbocycles. The molecule has 0 aromatic carbocycles. The van der Waals surface area contributed by atoms with Crippen molar-refractivity contribution < 1.29 is 9.90 Å². The number of hydrogen-bond donors (Lipinski definition) is 1. The van der Waals surface area contributed by atoms with Crippen molar-refractivity contribution in [3.8, 4) is 0 Å². The number of aliphatic hydroxyl groups excluding tert-OH is 1. The first kappa shape index (κ1) is 13.7. The van der Waals surface area contributed by atoms with Gasteiger partial charge in [0, 0.05) is 26.3 Å². The minimum atomic E-state index is -0.509. The number of aliphatic hydroxyl groups is 1. The monoisotopic (exact) mass is 240 g/mol. The number of aromatic nitrogens is 2. The molecule has 1 atom stereocenters. The normalized spacial score (nSPS) is 12.8. The van der Waals surface area contributed by atoms with Crippen molar-refractivity contribution in [2.75, 3.05) is 27.2 Å². The molecule has 1 unspecified atom stereocenters. The molecule has 0 aliphatic rings. The molecule has 0 bridgehead atoms. The molecular formula is C11H20N4O2. The van der Waals surface area contributed by atoms with E-state index < -0.39 is 6.23 Å². The van der Waals surface area contributed by atoms with Crippen molar-refractivity contribution >= 4 is 6.03 Å². The quantitative estimate of drug-likeness (QED) is 0.772. The molecule has 0 saturated heterocycles. The number of likely N-dealkylation sites (N-methyl/N-ethyl adjacent to an activating group) is 2. The Labute approximate surface area is 101 Å². The molecule has 0 aliphatic carbocycles. The third-order valence-electron chi connectivity index (χ3n) is 2.66. The SMILES string of the molecule is Cc1cnn(C(=O)N(C)CCN(C)C(C)O)c1. The van der Waals surface area contributed by atoms with Crippen LogP contribution in [-0.4, -0.2) is 64.1 Å². The zero-order valence-corrected chi connectivity index (χ0v) is 10.8. The summed E-state index contributed by atoms with van der Waals surface area (Å²) in [5.41, 5.74) is 0.952. The lowest BCUT2D eigenvalue weighted by molar-refractivity contribution is 0.0351. The molecule has 1 amide bonds. The first-order valence-corrected chi connectivity index (χ1v) is 5.57. The molecule has 1 heterocycles. The lowest BCUT2D eigenvalue weighted by Crippen LogP contribution is -2.39. The van der Waals surface area contributed by atoms with Gasteiger partial charge < -0.3 is 10.0 Å². The van der Waals surface area contributed by atoms with Crippen LogP contribution in [0.25, 0.3) is 0 Å². The van der Waals surface area contributed by atoms with E-state index in [0.29, 0.717) is 13.1 Å². The van der Waals surface area contributed by atoms with Gasteiger partial charge in [0.15, 0.2) is 0 Å². The molecule has 1 rings (SSSR count). The highest BCUT2D eigenvalue weighted by Crippen LogP contribution is 1.98. The molecule has 0 spiro atoms. The van der Waals surface area contributed by atoms with E-state index in [1.54, 1.807) is 43.2 Å². The average molecular weight is 240 g/mol. The summed E-state index contributed by atoms with van der Waals surface area (Å²) in [6.45, 7) is 4.73. The molecule has 0 aliphatic heterocycles. The smallest absolute Gasteiger partial charge is 0.344 e. The van der Waals surface area contributed by atoms with E-state index in [4.69, 9.17) is 0 Å². The van der Waals surface area contributed by atoms with E-state index in [2.05, 4.69) is 5.10 Å². The van der Waals surface area contributed by atoms with Crippen LogP contribution in [0.2, 0.25) is 0 Å². The molecule has 17 heavy (non-hydrogen) atoms. The van der Waals surface area contributed by atoms with E-state index >= 15 is 0 Å². The molecule has 0 fully saturated rings. The maximum atomic E-state index is 11.9. The summed E-state index contributed by atoms with van der Waals surface area (Å²) in [7, 11) is 3.52. The second-order valence-electron chi connectivity index (χ2n) is 4.28. The van der Waals surface area contributed by atoms with Crippen LogP contribution in [0.4, 0.5) is 4.79 Å². The number of hydrogen-bond acceptors (Lipinski definition) is 4. The highest BCUT2D eigenvalue weighted by molar-refractivity contribution is 5.75. The highest BCUT2D eigenvalue weighted by Gasteiger charge is 2.13. The topological polar surface area (TPSA) is 61.6 Å². The largest absolute Gasteiger partial charge is 0.379 e. The molecule has 0 radical (unpaired) electrons. The van der Waals surface area contributed by atoms with Gasteiger partial charge in [-0.05, 0) is 26.5 Å². The minimum absolute atomic E-state index is 0.169. The van der Waals surface area contributed by atoms with Crippen molar-refractivity contribution in [1.82, 2.24) is 19.6 Å². The van der Waals surface area contributed by atoms with Gasteiger partial charge in [0.2, 0.25) is 0 Å². The summed E-state index contributed by atoms with van der Waals surface area (Å²) in [4.78, 5) is 15.2. The summed E-state index contributed by atoms with van der Waals surface area (Å²) in [6, 6.07) is -0.169. The van der Waals surface area contributed by atoms with Crippen LogP contribution in [-0.2, 0) is 0 Å².